The molecule has 13 heavy (non-hydrogen) atoms. The van der Waals surface area contributed by atoms with E-state index < -0.39 is 0 Å². The average molecular weight is 183 g/mol. The predicted octanol–water partition coefficient (Wildman–Crippen LogP) is 0.839. The van der Waals surface area contributed by atoms with E-state index in [2.05, 4.69) is 4.84 Å². The Morgan fingerprint density at radius 3 is 2.62 bits per heavy atom. The standard InChI is InChI=1S/C9H13NO3/c1-6-4-7(2-3-13-10)5-8(11)9(6)12/h4-5,11-12H,2-3,10H2,1H3. The van der Waals surface area contributed by atoms with Crippen molar-refractivity contribution in [2.75, 3.05) is 6.61 Å². The zero-order valence-electron chi connectivity index (χ0n) is 7.45. The molecular formula is C9H13NO3. The summed E-state index contributed by atoms with van der Waals surface area (Å²) in [5.74, 6) is 4.69. The number of hydrogen-bond donors (Lipinski definition) is 3. The Bertz CT molecular complexity index is 276. The van der Waals surface area contributed by atoms with Gasteiger partial charge in [-0.25, -0.2) is 5.90 Å². The van der Waals surface area contributed by atoms with Crippen molar-refractivity contribution < 1.29 is 15.1 Å². The van der Waals surface area contributed by atoms with Gasteiger partial charge in [0, 0.05) is 0 Å². The number of rotatable bonds is 3. The SMILES string of the molecule is Cc1cc(CCON)cc(O)c1O. The van der Waals surface area contributed by atoms with E-state index in [1.165, 1.54) is 6.07 Å². The van der Waals surface area contributed by atoms with Gasteiger partial charge >= 0.3 is 0 Å². The van der Waals surface area contributed by atoms with Crippen LogP contribution in [-0.2, 0) is 11.3 Å². The number of nitrogens with two attached hydrogens (primary N) is 1. The highest BCUT2D eigenvalue weighted by atomic mass is 16.6. The van der Waals surface area contributed by atoms with Crippen molar-refractivity contribution in [3.8, 4) is 11.5 Å². The molecule has 4 nitrogen and oxygen atoms in total. The summed E-state index contributed by atoms with van der Waals surface area (Å²) in [6.07, 6.45) is 0.616. The normalized spacial score (nSPS) is 10.3. The molecule has 0 aliphatic rings. The van der Waals surface area contributed by atoms with Crippen LogP contribution in [0.4, 0.5) is 0 Å². The zero-order chi connectivity index (χ0) is 9.84. The highest BCUT2D eigenvalue weighted by Crippen LogP contribution is 2.29. The number of aryl methyl sites for hydroxylation is 1. The smallest absolute Gasteiger partial charge is 0.160 e. The first-order valence-corrected chi connectivity index (χ1v) is 3.98. The summed E-state index contributed by atoms with van der Waals surface area (Å²) in [5.41, 5.74) is 1.53. The molecule has 0 saturated carbocycles. The summed E-state index contributed by atoms with van der Waals surface area (Å²) < 4.78 is 0. The van der Waals surface area contributed by atoms with Gasteiger partial charge in [-0.2, -0.15) is 0 Å². The molecule has 0 radical (unpaired) electrons. The first kappa shape index (κ1) is 9.83. The Hall–Kier alpha value is -1.26. The van der Waals surface area contributed by atoms with Crippen molar-refractivity contribution >= 4 is 0 Å². The molecule has 0 bridgehead atoms. The highest BCUT2D eigenvalue weighted by Gasteiger charge is 2.04. The van der Waals surface area contributed by atoms with E-state index in [0.717, 1.165) is 5.56 Å². The number of phenolic OH excluding ortho intramolecular Hbond substituents is 2. The van der Waals surface area contributed by atoms with Gasteiger partial charge in [-0.3, -0.25) is 0 Å². The molecule has 0 heterocycles. The Morgan fingerprint density at radius 2 is 2.08 bits per heavy atom. The second-order valence-corrected chi connectivity index (χ2v) is 2.90. The molecule has 4 heteroatoms. The van der Waals surface area contributed by atoms with Crippen LogP contribution in [0.25, 0.3) is 0 Å². The molecule has 0 aliphatic heterocycles. The Morgan fingerprint density at radius 1 is 1.38 bits per heavy atom. The molecule has 1 aromatic carbocycles. The van der Waals surface area contributed by atoms with Gasteiger partial charge in [0.15, 0.2) is 11.5 Å². The maximum absolute atomic E-state index is 9.26. The van der Waals surface area contributed by atoms with Crippen LogP contribution in [0.1, 0.15) is 11.1 Å². The maximum Gasteiger partial charge on any atom is 0.160 e. The lowest BCUT2D eigenvalue weighted by atomic mass is 10.1. The largest absolute Gasteiger partial charge is 0.504 e. The molecule has 0 aromatic heterocycles. The van der Waals surface area contributed by atoms with Gasteiger partial charge in [0.25, 0.3) is 0 Å². The van der Waals surface area contributed by atoms with Crippen LogP contribution >= 0.6 is 0 Å². The van der Waals surface area contributed by atoms with Gasteiger partial charge in [-0.15, -0.1) is 0 Å². The van der Waals surface area contributed by atoms with Gasteiger partial charge in [-0.05, 0) is 30.5 Å². The van der Waals surface area contributed by atoms with Gasteiger partial charge in [0.05, 0.1) is 6.61 Å². The van der Waals surface area contributed by atoms with Crippen molar-refractivity contribution in [2.45, 2.75) is 13.3 Å². The highest BCUT2D eigenvalue weighted by molar-refractivity contribution is 5.46. The first-order chi connectivity index (χ1) is 6.15. The van der Waals surface area contributed by atoms with Gasteiger partial charge < -0.3 is 15.1 Å². The van der Waals surface area contributed by atoms with Crippen LogP contribution in [0.5, 0.6) is 11.5 Å². The lowest BCUT2D eigenvalue weighted by Gasteiger charge is -2.05. The van der Waals surface area contributed by atoms with Gasteiger partial charge in [0.2, 0.25) is 0 Å². The van der Waals surface area contributed by atoms with Crippen LogP contribution in [0.3, 0.4) is 0 Å². The van der Waals surface area contributed by atoms with E-state index >= 15 is 0 Å². The minimum absolute atomic E-state index is 0.0718. The lowest BCUT2D eigenvalue weighted by Crippen LogP contribution is -2.03. The predicted molar refractivity (Wildman–Crippen MR) is 48.4 cm³/mol. The van der Waals surface area contributed by atoms with Crippen molar-refractivity contribution in [2.24, 2.45) is 5.90 Å². The number of phenols is 2. The third-order valence-electron chi connectivity index (χ3n) is 1.85. The summed E-state index contributed by atoms with van der Waals surface area (Å²) in [6, 6.07) is 3.29. The fourth-order valence-corrected chi connectivity index (χ4v) is 1.16. The molecule has 4 N–H and O–H groups in total. The summed E-state index contributed by atoms with van der Waals surface area (Å²) in [5, 5.41) is 18.5. The molecule has 0 aliphatic carbocycles. The fourth-order valence-electron chi connectivity index (χ4n) is 1.16. The van der Waals surface area contributed by atoms with Crippen LogP contribution in [-0.4, -0.2) is 16.8 Å². The van der Waals surface area contributed by atoms with Crippen LogP contribution < -0.4 is 5.90 Å². The summed E-state index contributed by atoms with van der Waals surface area (Å²) in [7, 11) is 0. The summed E-state index contributed by atoms with van der Waals surface area (Å²) >= 11 is 0. The monoisotopic (exact) mass is 183 g/mol. The number of aromatic hydroxyl groups is 2. The summed E-state index contributed by atoms with van der Waals surface area (Å²) in [6.45, 7) is 2.12. The van der Waals surface area contributed by atoms with E-state index in [1.807, 2.05) is 0 Å². The molecule has 1 aromatic rings. The van der Waals surface area contributed by atoms with E-state index in [-0.39, 0.29) is 11.5 Å². The Labute approximate surface area is 76.5 Å². The Balaban J connectivity index is 2.86. The molecule has 0 spiro atoms. The average Bonchev–Trinajstić information content (AvgIpc) is 2.10. The van der Waals surface area contributed by atoms with Crippen LogP contribution in [0.2, 0.25) is 0 Å². The second-order valence-electron chi connectivity index (χ2n) is 2.90. The molecule has 0 unspecified atom stereocenters. The second kappa shape index (κ2) is 4.11. The van der Waals surface area contributed by atoms with Crippen molar-refractivity contribution in [3.63, 3.8) is 0 Å². The zero-order valence-corrected chi connectivity index (χ0v) is 7.45. The molecular weight excluding hydrogens is 170 g/mol. The Kier molecular flexibility index (Phi) is 3.11. The number of benzene rings is 1. The third kappa shape index (κ3) is 2.34. The fraction of sp³-hybridized carbons (Fsp3) is 0.333. The van der Waals surface area contributed by atoms with E-state index in [1.54, 1.807) is 13.0 Å². The molecule has 1 rings (SSSR count). The molecule has 0 atom stereocenters. The van der Waals surface area contributed by atoms with Gasteiger partial charge in [-0.1, -0.05) is 6.07 Å². The minimum atomic E-state index is -0.105. The van der Waals surface area contributed by atoms with Gasteiger partial charge in [0.1, 0.15) is 0 Å². The maximum atomic E-state index is 9.26. The third-order valence-corrected chi connectivity index (χ3v) is 1.85. The van der Waals surface area contributed by atoms with E-state index in [0.29, 0.717) is 18.6 Å². The quantitative estimate of drug-likeness (QED) is 0.479. The van der Waals surface area contributed by atoms with Crippen LogP contribution in [0.15, 0.2) is 12.1 Å². The van der Waals surface area contributed by atoms with E-state index in [9.17, 15) is 10.2 Å². The topological polar surface area (TPSA) is 75.7 Å². The van der Waals surface area contributed by atoms with Crippen molar-refractivity contribution in [1.29, 1.82) is 0 Å². The van der Waals surface area contributed by atoms with Crippen LogP contribution in [0, 0.1) is 6.92 Å². The minimum Gasteiger partial charge on any atom is -0.504 e. The first-order valence-electron chi connectivity index (χ1n) is 3.98. The summed E-state index contributed by atoms with van der Waals surface area (Å²) in [4.78, 5) is 4.41. The molecule has 0 amide bonds. The molecule has 0 fully saturated rings. The molecule has 72 valence electrons. The van der Waals surface area contributed by atoms with Crippen molar-refractivity contribution in [1.82, 2.24) is 0 Å². The lowest BCUT2D eigenvalue weighted by molar-refractivity contribution is 0.141. The van der Waals surface area contributed by atoms with Crippen molar-refractivity contribution in [3.05, 3.63) is 23.3 Å². The molecule has 0 saturated heterocycles. The van der Waals surface area contributed by atoms with E-state index in [4.69, 9.17) is 5.90 Å². The number of hydrogen-bond acceptors (Lipinski definition) is 4.